The van der Waals surface area contributed by atoms with E-state index in [0.717, 1.165) is 18.4 Å². The quantitative estimate of drug-likeness (QED) is 0.680. The Balaban J connectivity index is 2.31. The van der Waals surface area contributed by atoms with E-state index in [1.54, 1.807) is 12.1 Å². The second-order valence-corrected chi connectivity index (χ2v) is 5.84. The lowest BCUT2D eigenvalue weighted by Crippen LogP contribution is -2.28. The number of nitrogens with two attached hydrogens (primary N) is 1. The molecule has 3 N–H and O–H groups in total. The lowest BCUT2D eigenvalue weighted by molar-refractivity contribution is -0.125. The van der Waals surface area contributed by atoms with Crippen molar-refractivity contribution in [2.75, 3.05) is 19.8 Å². The normalized spacial score (nSPS) is 11.3. The van der Waals surface area contributed by atoms with E-state index in [-0.39, 0.29) is 17.4 Å². The fourth-order valence-electron chi connectivity index (χ4n) is 1.61. The highest BCUT2D eigenvalue weighted by molar-refractivity contribution is 7.89. The summed E-state index contributed by atoms with van der Waals surface area (Å²) in [5, 5.41) is 7.76. The van der Waals surface area contributed by atoms with Crippen LogP contribution < -0.4 is 10.5 Å². The van der Waals surface area contributed by atoms with Gasteiger partial charge in [-0.2, -0.15) is 0 Å². The molecule has 1 aromatic carbocycles. The lowest BCUT2D eigenvalue weighted by atomic mass is 10.1. The summed E-state index contributed by atoms with van der Waals surface area (Å²) in [5.41, 5.74) is 0.997. The zero-order valence-electron chi connectivity index (χ0n) is 11.5. The summed E-state index contributed by atoms with van der Waals surface area (Å²) in [6.45, 7) is 2.99. The van der Waals surface area contributed by atoms with Crippen LogP contribution in [-0.2, 0) is 26.0 Å². The van der Waals surface area contributed by atoms with E-state index in [2.05, 4.69) is 5.32 Å². The van der Waals surface area contributed by atoms with E-state index >= 15 is 0 Å². The molecule has 0 heterocycles. The fraction of sp³-hybridized carbons (Fsp3) is 0.462. The fourth-order valence-corrected chi connectivity index (χ4v) is 2.13. The van der Waals surface area contributed by atoms with Crippen LogP contribution >= 0.6 is 0 Å². The molecule has 0 saturated heterocycles. The molecule has 0 aliphatic carbocycles. The average molecular weight is 300 g/mol. The summed E-state index contributed by atoms with van der Waals surface area (Å²) in [6, 6.07) is 6.42. The minimum atomic E-state index is -3.64. The van der Waals surface area contributed by atoms with E-state index in [0.29, 0.717) is 13.2 Å². The number of ether oxygens (including phenoxy) is 1. The maximum absolute atomic E-state index is 11.3. The van der Waals surface area contributed by atoms with Crippen LogP contribution in [0.2, 0.25) is 0 Å². The first-order valence-corrected chi connectivity index (χ1v) is 7.94. The standard InChI is InChI=1S/C13H20N2O4S/c1-2-19-10-13(16)15-9-3-4-11-5-7-12(8-6-11)20(14,17)18/h5-8H,2-4,9-10H2,1H3,(H,15,16)(H2,14,17,18). The Hall–Kier alpha value is -1.44. The SMILES string of the molecule is CCOCC(=O)NCCCc1ccc(S(N)(=O)=O)cc1. The third-order valence-corrected chi connectivity index (χ3v) is 3.58. The molecular formula is C13H20N2O4S. The highest BCUT2D eigenvalue weighted by atomic mass is 32.2. The van der Waals surface area contributed by atoms with Crippen molar-refractivity contribution < 1.29 is 17.9 Å². The lowest BCUT2D eigenvalue weighted by Gasteiger charge is -2.06. The maximum Gasteiger partial charge on any atom is 0.245 e. The Kier molecular flexibility index (Phi) is 6.63. The number of sulfonamides is 1. The van der Waals surface area contributed by atoms with Gasteiger partial charge in [-0.05, 0) is 37.5 Å². The van der Waals surface area contributed by atoms with Gasteiger partial charge in [0.05, 0.1) is 4.90 Å². The number of aryl methyl sites for hydroxylation is 1. The molecule has 0 aliphatic rings. The molecule has 1 amide bonds. The van der Waals surface area contributed by atoms with Crippen molar-refractivity contribution in [2.45, 2.75) is 24.7 Å². The molecule has 0 aromatic heterocycles. The largest absolute Gasteiger partial charge is 0.372 e. The number of nitrogens with one attached hydrogen (secondary N) is 1. The predicted octanol–water partition coefficient (Wildman–Crippen LogP) is 0.419. The second-order valence-electron chi connectivity index (χ2n) is 4.28. The first-order chi connectivity index (χ1) is 9.43. The van der Waals surface area contributed by atoms with E-state index in [1.165, 1.54) is 12.1 Å². The molecule has 20 heavy (non-hydrogen) atoms. The molecule has 0 spiro atoms. The Morgan fingerprint density at radius 3 is 2.50 bits per heavy atom. The van der Waals surface area contributed by atoms with Crippen LogP contribution in [0.3, 0.4) is 0 Å². The molecule has 0 atom stereocenters. The zero-order valence-corrected chi connectivity index (χ0v) is 12.3. The summed E-state index contributed by atoms with van der Waals surface area (Å²) in [7, 11) is -3.64. The van der Waals surface area contributed by atoms with Gasteiger partial charge in [0.25, 0.3) is 0 Å². The van der Waals surface area contributed by atoms with Crippen LogP contribution in [-0.4, -0.2) is 34.1 Å². The predicted molar refractivity (Wildman–Crippen MR) is 75.6 cm³/mol. The molecule has 7 heteroatoms. The van der Waals surface area contributed by atoms with Crippen molar-refractivity contribution >= 4 is 15.9 Å². The Bertz CT molecular complexity index is 526. The molecule has 112 valence electrons. The van der Waals surface area contributed by atoms with Crippen molar-refractivity contribution in [3.05, 3.63) is 29.8 Å². The molecule has 0 radical (unpaired) electrons. The van der Waals surface area contributed by atoms with E-state index < -0.39 is 10.0 Å². The first kappa shape index (κ1) is 16.6. The molecular weight excluding hydrogens is 280 g/mol. The summed E-state index contributed by atoms with van der Waals surface area (Å²) in [4.78, 5) is 11.4. The molecule has 1 aromatic rings. The van der Waals surface area contributed by atoms with Gasteiger partial charge >= 0.3 is 0 Å². The third-order valence-electron chi connectivity index (χ3n) is 2.65. The Morgan fingerprint density at radius 1 is 1.30 bits per heavy atom. The summed E-state index contributed by atoms with van der Waals surface area (Å²) >= 11 is 0. The average Bonchev–Trinajstić information content (AvgIpc) is 2.41. The number of carbonyl (C=O) groups excluding carboxylic acids is 1. The molecule has 0 bridgehead atoms. The van der Waals surface area contributed by atoms with Gasteiger partial charge in [-0.3, -0.25) is 4.79 Å². The minimum Gasteiger partial charge on any atom is -0.372 e. The number of carbonyl (C=O) groups is 1. The first-order valence-electron chi connectivity index (χ1n) is 6.39. The number of rotatable bonds is 8. The molecule has 0 saturated carbocycles. The third kappa shape index (κ3) is 6.14. The number of amides is 1. The van der Waals surface area contributed by atoms with Gasteiger partial charge in [0.1, 0.15) is 6.61 Å². The monoisotopic (exact) mass is 300 g/mol. The van der Waals surface area contributed by atoms with E-state index in [4.69, 9.17) is 9.88 Å². The molecule has 0 fully saturated rings. The number of benzene rings is 1. The number of hydrogen-bond acceptors (Lipinski definition) is 4. The van der Waals surface area contributed by atoms with Crippen molar-refractivity contribution in [3.63, 3.8) is 0 Å². The summed E-state index contributed by atoms with van der Waals surface area (Å²) in [6.07, 6.45) is 1.52. The van der Waals surface area contributed by atoms with Gasteiger partial charge < -0.3 is 10.1 Å². The number of primary sulfonamides is 1. The van der Waals surface area contributed by atoms with Crippen LogP contribution in [0.15, 0.2) is 29.2 Å². The van der Waals surface area contributed by atoms with Crippen LogP contribution in [0, 0.1) is 0 Å². The van der Waals surface area contributed by atoms with E-state index in [9.17, 15) is 13.2 Å². The van der Waals surface area contributed by atoms with Gasteiger partial charge in [-0.25, -0.2) is 13.6 Å². The van der Waals surface area contributed by atoms with Gasteiger partial charge in [-0.1, -0.05) is 12.1 Å². The van der Waals surface area contributed by atoms with Crippen LogP contribution in [0.1, 0.15) is 18.9 Å². The van der Waals surface area contributed by atoms with Gasteiger partial charge in [0.2, 0.25) is 15.9 Å². The minimum absolute atomic E-state index is 0.0829. The second kappa shape index (κ2) is 7.98. The smallest absolute Gasteiger partial charge is 0.245 e. The molecule has 0 aliphatic heterocycles. The van der Waals surface area contributed by atoms with Crippen LogP contribution in [0.4, 0.5) is 0 Å². The topological polar surface area (TPSA) is 98.5 Å². The molecule has 1 rings (SSSR count). The molecule has 6 nitrogen and oxygen atoms in total. The van der Waals surface area contributed by atoms with Gasteiger partial charge in [0, 0.05) is 13.2 Å². The Labute approximate surface area is 119 Å². The highest BCUT2D eigenvalue weighted by Crippen LogP contribution is 2.09. The maximum atomic E-state index is 11.3. The molecule has 0 unspecified atom stereocenters. The van der Waals surface area contributed by atoms with Crippen molar-refractivity contribution in [1.82, 2.24) is 5.32 Å². The van der Waals surface area contributed by atoms with Crippen LogP contribution in [0.25, 0.3) is 0 Å². The van der Waals surface area contributed by atoms with Gasteiger partial charge in [0.15, 0.2) is 0 Å². The zero-order chi connectivity index (χ0) is 15.0. The van der Waals surface area contributed by atoms with Crippen molar-refractivity contribution in [2.24, 2.45) is 5.14 Å². The van der Waals surface area contributed by atoms with E-state index in [1.807, 2.05) is 6.92 Å². The van der Waals surface area contributed by atoms with Crippen molar-refractivity contribution in [1.29, 1.82) is 0 Å². The highest BCUT2D eigenvalue weighted by Gasteiger charge is 2.06. The van der Waals surface area contributed by atoms with Gasteiger partial charge in [-0.15, -0.1) is 0 Å². The number of hydrogen-bond donors (Lipinski definition) is 2. The van der Waals surface area contributed by atoms with Crippen LogP contribution in [0.5, 0.6) is 0 Å². The van der Waals surface area contributed by atoms with Crippen molar-refractivity contribution in [3.8, 4) is 0 Å². The Morgan fingerprint density at radius 2 is 1.95 bits per heavy atom. The summed E-state index contributed by atoms with van der Waals surface area (Å²) in [5.74, 6) is -0.128. The summed E-state index contributed by atoms with van der Waals surface area (Å²) < 4.78 is 27.1.